The van der Waals surface area contributed by atoms with Crippen molar-refractivity contribution in [3.63, 3.8) is 0 Å². The summed E-state index contributed by atoms with van der Waals surface area (Å²) < 4.78 is 31.6. The Balaban J connectivity index is 1.15. The fraction of sp³-hybridized carbons (Fsp3) is 0.586. The fourth-order valence-electron chi connectivity index (χ4n) is 5.74. The smallest absolute Gasteiger partial charge is 0.407 e. The number of fused-ring (bicyclic) bond motifs is 2. The molecule has 4 heterocycles. The molecule has 1 saturated heterocycles. The number of aryl methyl sites for hydroxylation is 1. The first-order chi connectivity index (χ1) is 19.9. The monoisotopic (exact) mass is 570 g/mol. The van der Waals surface area contributed by atoms with E-state index in [0.717, 1.165) is 56.5 Å². The SMILES string of the molecule is CNCCOCCNC(=O)OC1CCCn2c1nc(C)c(CCN1CCC(c3noc4cc(F)ccc34)CC1)c2=O. The molecule has 1 amide bonds. The van der Waals surface area contributed by atoms with Crippen LogP contribution in [0.25, 0.3) is 11.0 Å². The number of benzene rings is 1. The normalized spacial score (nSPS) is 18.0. The molecule has 1 aromatic carbocycles. The largest absolute Gasteiger partial charge is 0.438 e. The zero-order valence-corrected chi connectivity index (χ0v) is 23.8. The Morgan fingerprint density at radius 2 is 1.98 bits per heavy atom. The van der Waals surface area contributed by atoms with Gasteiger partial charge in [-0.1, -0.05) is 5.16 Å². The zero-order chi connectivity index (χ0) is 28.8. The van der Waals surface area contributed by atoms with Gasteiger partial charge in [0.25, 0.3) is 5.56 Å². The maximum atomic E-state index is 13.5. The molecule has 0 aliphatic carbocycles. The predicted molar refractivity (Wildman–Crippen MR) is 151 cm³/mol. The molecule has 1 fully saturated rings. The maximum Gasteiger partial charge on any atom is 0.407 e. The molecule has 3 aromatic rings. The van der Waals surface area contributed by atoms with Crippen molar-refractivity contribution in [1.82, 2.24) is 30.2 Å². The standard InChI is InChI=1S/C29H39FN6O5/c1-19-22(9-15-35-13-7-20(8-14-35)26-23-6-5-21(30)18-25(23)41-34-26)28(37)36-12-3-4-24(27(36)33-19)40-29(38)32-11-17-39-16-10-31-2/h5-6,18,20,24,31H,3-4,7-17H2,1-2H3,(H,32,38). The van der Waals surface area contributed by atoms with Crippen molar-refractivity contribution in [1.29, 1.82) is 0 Å². The molecule has 0 spiro atoms. The van der Waals surface area contributed by atoms with Crippen LogP contribution < -0.4 is 16.2 Å². The van der Waals surface area contributed by atoms with E-state index in [1.165, 1.54) is 12.1 Å². The van der Waals surface area contributed by atoms with Gasteiger partial charge in [-0.15, -0.1) is 0 Å². The van der Waals surface area contributed by atoms with Crippen LogP contribution in [0.4, 0.5) is 9.18 Å². The highest BCUT2D eigenvalue weighted by atomic mass is 19.1. The van der Waals surface area contributed by atoms with E-state index in [1.54, 1.807) is 10.6 Å². The van der Waals surface area contributed by atoms with Gasteiger partial charge in [-0.25, -0.2) is 14.2 Å². The highest BCUT2D eigenvalue weighted by molar-refractivity contribution is 5.79. The van der Waals surface area contributed by atoms with Crippen LogP contribution in [0.2, 0.25) is 0 Å². The molecule has 222 valence electrons. The van der Waals surface area contributed by atoms with Crippen molar-refractivity contribution >= 4 is 17.1 Å². The van der Waals surface area contributed by atoms with Gasteiger partial charge in [-0.2, -0.15) is 0 Å². The molecule has 1 unspecified atom stereocenters. The van der Waals surface area contributed by atoms with Crippen molar-refractivity contribution in [2.75, 3.05) is 53.0 Å². The van der Waals surface area contributed by atoms with Crippen LogP contribution in [-0.4, -0.2) is 78.7 Å². The Bertz CT molecular complexity index is 1400. The van der Waals surface area contributed by atoms with Crippen molar-refractivity contribution in [3.05, 3.63) is 57.1 Å². The minimum Gasteiger partial charge on any atom is -0.438 e. The molecule has 0 radical (unpaired) electrons. The topological polar surface area (TPSA) is 124 Å². The number of likely N-dealkylation sites (tertiary alicyclic amines) is 1. The number of carbonyl (C=O) groups excluding carboxylic acids is 1. The summed E-state index contributed by atoms with van der Waals surface area (Å²) >= 11 is 0. The number of rotatable bonds is 11. The van der Waals surface area contributed by atoms with Crippen LogP contribution in [-0.2, 0) is 22.4 Å². The van der Waals surface area contributed by atoms with Crippen LogP contribution in [0.5, 0.6) is 0 Å². The number of hydrogen-bond donors (Lipinski definition) is 2. The van der Waals surface area contributed by atoms with Crippen LogP contribution in [0.1, 0.15) is 60.5 Å². The second-order valence-corrected chi connectivity index (χ2v) is 10.7. The van der Waals surface area contributed by atoms with E-state index >= 15 is 0 Å². The average Bonchev–Trinajstić information content (AvgIpc) is 3.38. The van der Waals surface area contributed by atoms with Gasteiger partial charge >= 0.3 is 6.09 Å². The minimum absolute atomic E-state index is 0.0460. The summed E-state index contributed by atoms with van der Waals surface area (Å²) in [5.74, 6) is 0.447. The number of alkyl carbamates (subject to hydrolysis) is 1. The number of ether oxygens (including phenoxy) is 2. The molecule has 2 aromatic heterocycles. The quantitative estimate of drug-likeness (QED) is 0.335. The zero-order valence-electron chi connectivity index (χ0n) is 23.8. The van der Waals surface area contributed by atoms with Crippen molar-refractivity contribution in [3.8, 4) is 0 Å². The van der Waals surface area contributed by atoms with Crippen LogP contribution in [0.15, 0.2) is 27.5 Å². The molecular formula is C29H39FN6O5. The summed E-state index contributed by atoms with van der Waals surface area (Å²) in [6.45, 7) is 7.00. The van der Waals surface area contributed by atoms with Gasteiger partial charge in [0.15, 0.2) is 17.5 Å². The number of amides is 1. The second-order valence-electron chi connectivity index (χ2n) is 10.7. The van der Waals surface area contributed by atoms with Crippen LogP contribution in [0.3, 0.4) is 0 Å². The second kappa shape index (κ2) is 13.5. The molecule has 2 aliphatic heterocycles. The third-order valence-corrected chi connectivity index (χ3v) is 8.01. The molecule has 2 N–H and O–H groups in total. The molecular weight excluding hydrogens is 531 g/mol. The highest BCUT2D eigenvalue weighted by Crippen LogP contribution is 2.33. The van der Waals surface area contributed by atoms with E-state index in [1.807, 2.05) is 14.0 Å². The number of carbonyl (C=O) groups is 1. The van der Waals surface area contributed by atoms with E-state index in [0.29, 0.717) is 61.8 Å². The Kier molecular flexibility index (Phi) is 9.63. The number of piperidine rings is 1. The lowest BCUT2D eigenvalue weighted by atomic mass is 9.91. The Morgan fingerprint density at radius 3 is 2.78 bits per heavy atom. The molecule has 41 heavy (non-hydrogen) atoms. The van der Waals surface area contributed by atoms with E-state index < -0.39 is 12.2 Å². The summed E-state index contributed by atoms with van der Waals surface area (Å²) in [5, 5.41) is 10.8. The number of aromatic nitrogens is 3. The van der Waals surface area contributed by atoms with Gasteiger partial charge in [0.1, 0.15) is 5.82 Å². The summed E-state index contributed by atoms with van der Waals surface area (Å²) in [6.07, 6.45) is 2.71. The number of halogens is 1. The molecule has 2 aliphatic rings. The van der Waals surface area contributed by atoms with Gasteiger partial charge in [-0.05, 0) is 71.3 Å². The number of likely N-dealkylation sites (N-methyl/N-ethyl adjacent to an activating group) is 1. The molecule has 0 saturated carbocycles. The summed E-state index contributed by atoms with van der Waals surface area (Å²) in [4.78, 5) is 32.9. The van der Waals surface area contributed by atoms with E-state index in [-0.39, 0.29) is 17.3 Å². The van der Waals surface area contributed by atoms with Gasteiger partial charge in [-0.3, -0.25) is 9.36 Å². The third-order valence-electron chi connectivity index (χ3n) is 8.01. The Morgan fingerprint density at radius 1 is 1.17 bits per heavy atom. The lowest BCUT2D eigenvalue weighted by molar-refractivity contribution is 0.0703. The third kappa shape index (κ3) is 6.94. The van der Waals surface area contributed by atoms with E-state index in [9.17, 15) is 14.0 Å². The summed E-state index contributed by atoms with van der Waals surface area (Å²) in [7, 11) is 1.85. The minimum atomic E-state index is -0.558. The summed E-state index contributed by atoms with van der Waals surface area (Å²) in [5.41, 5.74) is 2.73. The molecule has 1 atom stereocenters. The molecule has 0 bridgehead atoms. The highest BCUT2D eigenvalue weighted by Gasteiger charge is 2.29. The number of nitrogens with zero attached hydrogens (tertiary/aromatic N) is 4. The van der Waals surface area contributed by atoms with Gasteiger partial charge in [0.2, 0.25) is 0 Å². The predicted octanol–water partition coefficient (Wildman–Crippen LogP) is 3.05. The van der Waals surface area contributed by atoms with Crippen molar-refractivity contribution in [2.24, 2.45) is 0 Å². The summed E-state index contributed by atoms with van der Waals surface area (Å²) in [6, 6.07) is 4.56. The Hall–Kier alpha value is -3.35. The van der Waals surface area contributed by atoms with Gasteiger partial charge in [0.05, 0.1) is 18.9 Å². The molecule has 11 nitrogen and oxygen atoms in total. The first-order valence-electron chi connectivity index (χ1n) is 14.5. The van der Waals surface area contributed by atoms with E-state index in [4.69, 9.17) is 19.0 Å². The van der Waals surface area contributed by atoms with Gasteiger partial charge < -0.3 is 29.5 Å². The average molecular weight is 571 g/mol. The van der Waals surface area contributed by atoms with Crippen molar-refractivity contribution in [2.45, 2.75) is 57.6 Å². The maximum absolute atomic E-state index is 13.5. The first kappa shape index (κ1) is 29.2. The number of nitrogens with one attached hydrogen (secondary N) is 2. The van der Waals surface area contributed by atoms with E-state index in [2.05, 4.69) is 20.7 Å². The van der Waals surface area contributed by atoms with Crippen LogP contribution in [0, 0.1) is 12.7 Å². The molecule has 12 heteroatoms. The Labute approximate surface area is 238 Å². The molecule has 5 rings (SSSR count). The first-order valence-corrected chi connectivity index (χ1v) is 14.5. The van der Waals surface area contributed by atoms with Crippen molar-refractivity contribution < 1.29 is 23.2 Å². The lowest BCUT2D eigenvalue weighted by Crippen LogP contribution is -2.39. The fourth-order valence-corrected chi connectivity index (χ4v) is 5.74. The van der Waals surface area contributed by atoms with Crippen LogP contribution >= 0.6 is 0 Å². The number of hydrogen-bond acceptors (Lipinski definition) is 9. The lowest BCUT2D eigenvalue weighted by Gasteiger charge is -2.31. The van der Waals surface area contributed by atoms with Gasteiger partial charge in [0, 0.05) is 54.8 Å².